The van der Waals surface area contributed by atoms with Crippen molar-refractivity contribution in [2.45, 2.75) is 13.0 Å². The Balaban J connectivity index is 2.32. The number of hydrogen-bond donors (Lipinski definition) is 1. The van der Waals surface area contributed by atoms with Crippen molar-refractivity contribution >= 4 is 0 Å². The maximum absolute atomic E-state index is 13.9. The van der Waals surface area contributed by atoms with E-state index >= 15 is 0 Å². The monoisotopic (exact) mass is 256 g/mol. The summed E-state index contributed by atoms with van der Waals surface area (Å²) >= 11 is 0. The van der Waals surface area contributed by atoms with Crippen molar-refractivity contribution in [2.24, 2.45) is 5.73 Å². The van der Waals surface area contributed by atoms with Crippen LogP contribution in [-0.4, -0.2) is 0 Å². The number of halogens is 1. The Morgan fingerprint density at radius 3 is 2.58 bits per heavy atom. The predicted octanol–water partition coefficient (Wildman–Crippen LogP) is 3.51. The molecule has 0 aromatic heterocycles. The summed E-state index contributed by atoms with van der Waals surface area (Å²) in [5.41, 5.74) is 6.73. The summed E-state index contributed by atoms with van der Waals surface area (Å²) in [7, 11) is 0. The highest BCUT2D eigenvalue weighted by Crippen LogP contribution is 2.28. The number of nitrogens with zero attached hydrogens (tertiary/aromatic N) is 1. The Hall–Kier alpha value is -2.38. The number of nitrogens with two attached hydrogens (primary N) is 1. The molecule has 19 heavy (non-hydrogen) atoms. The van der Waals surface area contributed by atoms with Gasteiger partial charge in [0.15, 0.2) is 11.6 Å². The lowest BCUT2D eigenvalue weighted by Crippen LogP contribution is -2.05. The molecule has 96 valence electrons. The first-order valence-electron chi connectivity index (χ1n) is 5.84. The molecule has 2 aromatic rings. The van der Waals surface area contributed by atoms with Crippen LogP contribution in [0, 0.1) is 17.1 Å². The molecule has 0 bridgehead atoms. The smallest absolute Gasteiger partial charge is 0.166 e. The van der Waals surface area contributed by atoms with Gasteiger partial charge in [-0.3, -0.25) is 0 Å². The van der Waals surface area contributed by atoms with Gasteiger partial charge in [0.25, 0.3) is 0 Å². The highest BCUT2D eigenvalue weighted by Gasteiger charge is 2.10. The van der Waals surface area contributed by atoms with Gasteiger partial charge in [-0.1, -0.05) is 18.2 Å². The number of rotatable bonds is 3. The first-order chi connectivity index (χ1) is 9.11. The lowest BCUT2D eigenvalue weighted by atomic mass is 10.1. The van der Waals surface area contributed by atoms with E-state index < -0.39 is 5.82 Å². The van der Waals surface area contributed by atoms with Crippen LogP contribution in [0.25, 0.3) is 0 Å². The van der Waals surface area contributed by atoms with Crippen LogP contribution in [-0.2, 0) is 0 Å². The normalized spacial score (nSPS) is 11.7. The second kappa shape index (κ2) is 5.51. The van der Waals surface area contributed by atoms with Crippen LogP contribution >= 0.6 is 0 Å². The number of benzene rings is 2. The largest absolute Gasteiger partial charge is 0.453 e. The molecule has 0 saturated carbocycles. The Morgan fingerprint density at radius 1 is 1.21 bits per heavy atom. The second-order valence-electron chi connectivity index (χ2n) is 4.19. The van der Waals surface area contributed by atoms with E-state index in [-0.39, 0.29) is 11.8 Å². The molecule has 0 saturated heterocycles. The van der Waals surface area contributed by atoms with Crippen LogP contribution in [0.4, 0.5) is 4.39 Å². The summed E-state index contributed by atoms with van der Waals surface area (Å²) in [6.45, 7) is 1.78. The fraction of sp³-hybridized carbons (Fsp3) is 0.133. The van der Waals surface area contributed by atoms with E-state index in [1.807, 2.05) is 6.07 Å². The van der Waals surface area contributed by atoms with Crippen molar-refractivity contribution in [1.29, 1.82) is 5.26 Å². The molecule has 1 unspecified atom stereocenters. The lowest BCUT2D eigenvalue weighted by molar-refractivity contribution is 0.440. The minimum atomic E-state index is -0.498. The molecule has 0 heterocycles. The second-order valence-corrected chi connectivity index (χ2v) is 4.19. The molecule has 0 radical (unpaired) electrons. The van der Waals surface area contributed by atoms with Gasteiger partial charge < -0.3 is 10.5 Å². The number of nitriles is 1. The summed E-state index contributed by atoms with van der Waals surface area (Å²) in [5, 5.41) is 8.94. The van der Waals surface area contributed by atoms with Gasteiger partial charge in [0.1, 0.15) is 11.8 Å². The van der Waals surface area contributed by atoms with Crippen LogP contribution in [0.15, 0.2) is 42.5 Å². The Morgan fingerprint density at radius 2 is 1.95 bits per heavy atom. The first kappa shape index (κ1) is 13.1. The molecule has 0 spiro atoms. The molecule has 1 atom stereocenters. The highest BCUT2D eigenvalue weighted by molar-refractivity contribution is 5.45. The average Bonchev–Trinajstić information content (AvgIpc) is 2.41. The van der Waals surface area contributed by atoms with E-state index in [9.17, 15) is 4.39 Å². The predicted molar refractivity (Wildman–Crippen MR) is 70.2 cm³/mol. The van der Waals surface area contributed by atoms with Crippen molar-refractivity contribution in [3.8, 4) is 17.6 Å². The van der Waals surface area contributed by atoms with E-state index in [0.29, 0.717) is 16.9 Å². The van der Waals surface area contributed by atoms with Gasteiger partial charge >= 0.3 is 0 Å². The van der Waals surface area contributed by atoms with Crippen LogP contribution in [0.1, 0.15) is 24.1 Å². The molecule has 0 fully saturated rings. The zero-order valence-corrected chi connectivity index (χ0v) is 10.4. The average molecular weight is 256 g/mol. The first-order valence-corrected chi connectivity index (χ1v) is 5.84. The standard InChI is InChI=1S/C15H13FN2O/c1-10(18)11-6-7-15(13(16)8-11)19-14-5-3-2-4-12(14)9-17/h2-8,10H,18H2,1H3. The lowest BCUT2D eigenvalue weighted by Gasteiger charge is -2.10. The van der Waals surface area contributed by atoms with Gasteiger partial charge in [-0.05, 0) is 36.8 Å². The van der Waals surface area contributed by atoms with Crippen molar-refractivity contribution in [2.75, 3.05) is 0 Å². The van der Waals surface area contributed by atoms with Gasteiger partial charge in [-0.2, -0.15) is 5.26 Å². The topological polar surface area (TPSA) is 59.0 Å². The maximum atomic E-state index is 13.9. The number of para-hydroxylation sites is 1. The molecule has 0 aliphatic carbocycles. The third-order valence-corrected chi connectivity index (χ3v) is 2.71. The van der Waals surface area contributed by atoms with Crippen molar-refractivity contribution in [3.63, 3.8) is 0 Å². The zero-order chi connectivity index (χ0) is 13.8. The Kier molecular flexibility index (Phi) is 3.79. The molecular formula is C15H13FN2O. The molecule has 2 aromatic carbocycles. The van der Waals surface area contributed by atoms with Gasteiger partial charge in [0, 0.05) is 6.04 Å². The highest BCUT2D eigenvalue weighted by atomic mass is 19.1. The quantitative estimate of drug-likeness (QED) is 0.914. The van der Waals surface area contributed by atoms with Crippen LogP contribution in [0.2, 0.25) is 0 Å². The molecule has 0 aliphatic heterocycles. The van der Waals surface area contributed by atoms with Gasteiger partial charge in [-0.25, -0.2) is 4.39 Å². The molecule has 3 nitrogen and oxygen atoms in total. The van der Waals surface area contributed by atoms with Crippen molar-refractivity contribution < 1.29 is 9.13 Å². The molecule has 2 N–H and O–H groups in total. The van der Waals surface area contributed by atoms with Crippen LogP contribution in [0.3, 0.4) is 0 Å². The van der Waals surface area contributed by atoms with Crippen LogP contribution < -0.4 is 10.5 Å². The molecule has 0 aliphatic rings. The van der Waals surface area contributed by atoms with E-state index in [1.54, 1.807) is 37.3 Å². The number of hydrogen-bond acceptors (Lipinski definition) is 3. The van der Waals surface area contributed by atoms with E-state index in [1.165, 1.54) is 12.1 Å². The summed E-state index contributed by atoms with van der Waals surface area (Å²) in [4.78, 5) is 0. The summed E-state index contributed by atoms with van der Waals surface area (Å²) in [5.74, 6) is -0.0907. The fourth-order valence-electron chi connectivity index (χ4n) is 1.65. The molecular weight excluding hydrogens is 243 g/mol. The summed E-state index contributed by atoms with van der Waals surface area (Å²) in [6, 6.07) is 13.0. The molecule has 0 amide bonds. The van der Waals surface area contributed by atoms with E-state index in [2.05, 4.69) is 0 Å². The zero-order valence-electron chi connectivity index (χ0n) is 10.4. The maximum Gasteiger partial charge on any atom is 0.166 e. The van der Waals surface area contributed by atoms with E-state index in [0.717, 1.165) is 0 Å². The summed E-state index contributed by atoms with van der Waals surface area (Å²) in [6.07, 6.45) is 0. The third kappa shape index (κ3) is 2.90. The minimum absolute atomic E-state index is 0.0760. The third-order valence-electron chi connectivity index (χ3n) is 2.71. The van der Waals surface area contributed by atoms with E-state index in [4.69, 9.17) is 15.7 Å². The molecule has 2 rings (SSSR count). The fourth-order valence-corrected chi connectivity index (χ4v) is 1.65. The van der Waals surface area contributed by atoms with Gasteiger partial charge in [-0.15, -0.1) is 0 Å². The summed E-state index contributed by atoms with van der Waals surface area (Å²) < 4.78 is 19.3. The SMILES string of the molecule is CC(N)c1ccc(Oc2ccccc2C#N)c(F)c1. The van der Waals surface area contributed by atoms with Crippen molar-refractivity contribution in [3.05, 3.63) is 59.4 Å². The Bertz CT molecular complexity index is 632. The number of ether oxygens (including phenoxy) is 1. The minimum Gasteiger partial charge on any atom is -0.453 e. The van der Waals surface area contributed by atoms with Crippen molar-refractivity contribution in [1.82, 2.24) is 0 Å². The van der Waals surface area contributed by atoms with Gasteiger partial charge in [0.05, 0.1) is 5.56 Å². The molecule has 4 heteroatoms. The van der Waals surface area contributed by atoms with Crippen LogP contribution in [0.5, 0.6) is 11.5 Å². The Labute approximate surface area is 111 Å². The van der Waals surface area contributed by atoms with Gasteiger partial charge in [0.2, 0.25) is 0 Å².